The monoisotopic (exact) mass is 256 g/mol. The smallest absolute Gasteiger partial charge is 1.00 e. The Morgan fingerprint density at radius 3 is 2.20 bits per heavy atom. The maximum absolute atomic E-state index is 3.78. The van der Waals surface area contributed by atoms with Gasteiger partial charge in [0, 0.05) is 0 Å². The zero-order valence-electron chi connectivity index (χ0n) is 6.10. The van der Waals surface area contributed by atoms with Crippen LogP contribution in [0, 0.1) is 13.8 Å². The average Bonchev–Trinajstić information content (AvgIpc) is 1.64. The first kappa shape index (κ1) is 13.2. The largest absolute Gasteiger partial charge is 2.00 e. The van der Waals surface area contributed by atoms with Gasteiger partial charge in [-0.05, 0) is 0 Å². The second-order valence-electron chi connectivity index (χ2n) is 1.99. The molecule has 0 amide bonds. The summed E-state index contributed by atoms with van der Waals surface area (Å²) in [7, 11) is 0. The van der Waals surface area contributed by atoms with E-state index in [2.05, 4.69) is 26.0 Å². The molecular weight excluding hydrogens is 247 g/mol. The van der Waals surface area contributed by atoms with Gasteiger partial charge in [0.15, 0.2) is 0 Å². The second-order valence-corrected chi connectivity index (χ2v) is 1.99. The Morgan fingerprint density at radius 2 is 1.90 bits per heavy atom. The van der Waals surface area contributed by atoms with Crippen molar-refractivity contribution in [2.75, 3.05) is 0 Å². The SMILES string of the molecule is [CH2-]c1cccc(C)c1.[I-].[Mg+2]. The van der Waals surface area contributed by atoms with Gasteiger partial charge in [-0.25, -0.2) is 0 Å². The molecule has 0 fully saturated rings. The zero-order chi connectivity index (χ0) is 5.98. The van der Waals surface area contributed by atoms with E-state index in [1.165, 1.54) is 5.56 Å². The molecule has 0 saturated heterocycles. The molecule has 0 aliphatic carbocycles. The van der Waals surface area contributed by atoms with Crippen molar-refractivity contribution in [3.8, 4) is 0 Å². The Bertz CT molecular complexity index is 169. The first-order valence-corrected chi connectivity index (χ1v) is 2.67. The van der Waals surface area contributed by atoms with Crippen molar-refractivity contribution >= 4 is 23.1 Å². The molecule has 0 radical (unpaired) electrons. The predicted molar refractivity (Wildman–Crippen MR) is 41.4 cm³/mol. The van der Waals surface area contributed by atoms with Crippen LogP contribution in [-0.2, 0) is 0 Å². The van der Waals surface area contributed by atoms with E-state index in [1.54, 1.807) is 0 Å². The van der Waals surface area contributed by atoms with Gasteiger partial charge in [-0.15, -0.1) is 11.6 Å². The second kappa shape index (κ2) is 6.31. The number of rotatable bonds is 0. The van der Waals surface area contributed by atoms with Gasteiger partial charge in [-0.2, -0.15) is 24.6 Å². The molecule has 0 aromatic heterocycles. The fourth-order valence-corrected chi connectivity index (χ4v) is 0.712. The maximum atomic E-state index is 3.78. The maximum Gasteiger partial charge on any atom is 2.00 e. The summed E-state index contributed by atoms with van der Waals surface area (Å²) in [4.78, 5) is 0. The van der Waals surface area contributed by atoms with Gasteiger partial charge in [0.2, 0.25) is 0 Å². The van der Waals surface area contributed by atoms with Crippen molar-refractivity contribution in [2.24, 2.45) is 0 Å². The van der Waals surface area contributed by atoms with E-state index in [0.29, 0.717) is 0 Å². The predicted octanol–water partition coefficient (Wildman–Crippen LogP) is -1.20. The fraction of sp³-hybridized carbons (Fsp3) is 0.125. The van der Waals surface area contributed by atoms with E-state index in [-0.39, 0.29) is 47.0 Å². The van der Waals surface area contributed by atoms with Crippen molar-refractivity contribution in [1.82, 2.24) is 0 Å². The summed E-state index contributed by atoms with van der Waals surface area (Å²) in [5.41, 5.74) is 2.36. The summed E-state index contributed by atoms with van der Waals surface area (Å²) in [6, 6.07) is 8.12. The summed E-state index contributed by atoms with van der Waals surface area (Å²) in [5, 5.41) is 0. The van der Waals surface area contributed by atoms with Gasteiger partial charge in [-0.1, -0.05) is 13.0 Å². The van der Waals surface area contributed by atoms with Crippen LogP contribution in [0.1, 0.15) is 11.1 Å². The van der Waals surface area contributed by atoms with Gasteiger partial charge < -0.3 is 24.0 Å². The van der Waals surface area contributed by atoms with Crippen LogP contribution in [0.15, 0.2) is 24.3 Å². The molecule has 0 saturated carbocycles. The molecule has 0 bridgehead atoms. The molecular formula is C8H9IMg. The van der Waals surface area contributed by atoms with Crippen LogP contribution in [0.2, 0.25) is 0 Å². The van der Waals surface area contributed by atoms with E-state index in [4.69, 9.17) is 0 Å². The third kappa shape index (κ3) is 4.41. The van der Waals surface area contributed by atoms with Crippen molar-refractivity contribution < 1.29 is 24.0 Å². The zero-order valence-corrected chi connectivity index (χ0v) is 9.67. The molecule has 0 aliphatic rings. The molecule has 0 heterocycles. The Morgan fingerprint density at radius 1 is 1.30 bits per heavy atom. The van der Waals surface area contributed by atoms with E-state index in [9.17, 15) is 0 Å². The Balaban J connectivity index is 0. The van der Waals surface area contributed by atoms with Crippen molar-refractivity contribution in [1.29, 1.82) is 0 Å². The minimum Gasteiger partial charge on any atom is -1.00 e. The van der Waals surface area contributed by atoms with E-state index >= 15 is 0 Å². The van der Waals surface area contributed by atoms with Crippen LogP contribution in [0.5, 0.6) is 0 Å². The molecule has 2 heteroatoms. The topological polar surface area (TPSA) is 0 Å². The summed E-state index contributed by atoms with van der Waals surface area (Å²) in [6.45, 7) is 5.85. The molecule has 0 nitrogen and oxygen atoms in total. The van der Waals surface area contributed by atoms with E-state index in [1.807, 2.05) is 12.1 Å². The summed E-state index contributed by atoms with van der Waals surface area (Å²) < 4.78 is 0. The van der Waals surface area contributed by atoms with Crippen LogP contribution < -0.4 is 24.0 Å². The summed E-state index contributed by atoms with van der Waals surface area (Å²) in [5.74, 6) is 0. The third-order valence-electron chi connectivity index (χ3n) is 1.08. The first-order chi connectivity index (χ1) is 3.79. The van der Waals surface area contributed by atoms with Gasteiger partial charge in [0.05, 0.1) is 0 Å². The Labute approximate surface area is 95.6 Å². The number of halogens is 1. The normalized spacial score (nSPS) is 7.30. The molecule has 50 valence electrons. The molecule has 10 heavy (non-hydrogen) atoms. The molecule has 1 aromatic carbocycles. The molecule has 1 aromatic rings. The number of benzene rings is 1. The van der Waals surface area contributed by atoms with Crippen molar-refractivity contribution in [3.05, 3.63) is 42.3 Å². The number of hydrogen-bond acceptors (Lipinski definition) is 0. The molecule has 0 atom stereocenters. The summed E-state index contributed by atoms with van der Waals surface area (Å²) >= 11 is 0. The van der Waals surface area contributed by atoms with Gasteiger partial charge in [0.1, 0.15) is 0 Å². The van der Waals surface area contributed by atoms with E-state index in [0.717, 1.165) is 5.56 Å². The van der Waals surface area contributed by atoms with Crippen LogP contribution in [-0.4, -0.2) is 23.1 Å². The van der Waals surface area contributed by atoms with Gasteiger partial charge in [-0.3, -0.25) is 0 Å². The summed E-state index contributed by atoms with van der Waals surface area (Å²) in [6.07, 6.45) is 0. The molecule has 0 N–H and O–H groups in total. The van der Waals surface area contributed by atoms with Crippen LogP contribution in [0.25, 0.3) is 0 Å². The molecule has 0 unspecified atom stereocenters. The first-order valence-electron chi connectivity index (χ1n) is 2.67. The minimum absolute atomic E-state index is 0. The Hall–Kier alpha value is 0.586. The van der Waals surface area contributed by atoms with Crippen LogP contribution in [0.4, 0.5) is 0 Å². The third-order valence-corrected chi connectivity index (χ3v) is 1.08. The van der Waals surface area contributed by atoms with Crippen LogP contribution in [0.3, 0.4) is 0 Å². The average molecular weight is 256 g/mol. The van der Waals surface area contributed by atoms with E-state index < -0.39 is 0 Å². The standard InChI is InChI=1S/C8H9.HI.Mg/c1-7-4-3-5-8(2)6-7;;/h3-6H,1H2,2H3;1H;/q-1;;+2/p-1. The minimum atomic E-state index is 0. The van der Waals surface area contributed by atoms with Crippen molar-refractivity contribution in [2.45, 2.75) is 6.92 Å². The number of hydrogen-bond donors (Lipinski definition) is 0. The quantitative estimate of drug-likeness (QED) is 0.311. The number of aryl methyl sites for hydroxylation is 1. The fourth-order valence-electron chi connectivity index (χ4n) is 0.712. The molecule has 0 aliphatic heterocycles. The Kier molecular flexibility index (Phi) is 8.32. The van der Waals surface area contributed by atoms with Gasteiger partial charge in [0.25, 0.3) is 0 Å². The van der Waals surface area contributed by atoms with Crippen LogP contribution >= 0.6 is 0 Å². The molecule has 1 rings (SSSR count). The van der Waals surface area contributed by atoms with Crippen molar-refractivity contribution in [3.63, 3.8) is 0 Å². The van der Waals surface area contributed by atoms with Gasteiger partial charge >= 0.3 is 23.1 Å². The molecule has 0 spiro atoms.